The average molecular weight is 480 g/mol. The molecule has 2 heterocycles. The van der Waals surface area contributed by atoms with Gasteiger partial charge in [-0.3, -0.25) is 9.59 Å². The van der Waals surface area contributed by atoms with Gasteiger partial charge in [0.15, 0.2) is 0 Å². The topological polar surface area (TPSA) is 72.9 Å². The summed E-state index contributed by atoms with van der Waals surface area (Å²) in [6.45, 7) is 24.3. The number of hydrogen-bond donors (Lipinski definition) is 2. The second kappa shape index (κ2) is 11.1. The molecule has 0 aromatic rings. The van der Waals surface area contributed by atoms with Gasteiger partial charge in [0.2, 0.25) is 5.91 Å². The second-order valence-corrected chi connectivity index (χ2v) is 12.9. The maximum Gasteiger partial charge on any atom is 0.310 e. The highest BCUT2D eigenvalue weighted by Crippen LogP contribution is 2.50. The van der Waals surface area contributed by atoms with Gasteiger partial charge in [-0.1, -0.05) is 40.7 Å². The Bertz CT molecular complexity index is 705. The number of aliphatic carboxylic acids is 1. The van der Waals surface area contributed by atoms with E-state index in [2.05, 4.69) is 70.3 Å². The van der Waals surface area contributed by atoms with Crippen LogP contribution in [0, 0.1) is 21.7 Å². The molecule has 0 aliphatic carbocycles. The van der Waals surface area contributed by atoms with Crippen molar-refractivity contribution in [2.75, 3.05) is 40.3 Å². The van der Waals surface area contributed by atoms with Gasteiger partial charge in [0.05, 0.1) is 10.8 Å². The Labute approximate surface area is 209 Å². The molecule has 2 aliphatic heterocycles. The molecule has 2 N–H and O–H groups in total. The van der Waals surface area contributed by atoms with Crippen LogP contribution in [0.2, 0.25) is 0 Å². The van der Waals surface area contributed by atoms with Crippen molar-refractivity contribution in [2.24, 2.45) is 21.7 Å². The molecule has 0 bridgehead atoms. The van der Waals surface area contributed by atoms with Crippen LogP contribution in [0.25, 0.3) is 0 Å². The van der Waals surface area contributed by atoms with Crippen molar-refractivity contribution in [3.05, 3.63) is 12.7 Å². The normalized spacial score (nSPS) is 21.7. The molecule has 198 valence electrons. The van der Waals surface area contributed by atoms with Gasteiger partial charge in [-0.25, -0.2) is 0 Å². The molecule has 2 fully saturated rings. The molecule has 1 amide bonds. The number of amides is 1. The lowest BCUT2D eigenvalue weighted by atomic mass is 9.58. The number of nitrogens with one attached hydrogen (secondary N) is 1. The van der Waals surface area contributed by atoms with Gasteiger partial charge >= 0.3 is 5.97 Å². The van der Waals surface area contributed by atoms with Gasteiger partial charge in [0, 0.05) is 5.54 Å². The maximum atomic E-state index is 12.9. The van der Waals surface area contributed by atoms with E-state index in [9.17, 15) is 14.7 Å². The number of carboxylic acids is 1. The van der Waals surface area contributed by atoms with Crippen LogP contribution >= 0.6 is 0 Å². The van der Waals surface area contributed by atoms with Gasteiger partial charge in [-0.15, -0.1) is 6.58 Å². The van der Waals surface area contributed by atoms with Crippen molar-refractivity contribution >= 4 is 11.9 Å². The highest BCUT2D eigenvalue weighted by molar-refractivity contribution is 5.84. The van der Waals surface area contributed by atoms with Crippen LogP contribution in [0.5, 0.6) is 0 Å². The number of carbonyl (C=O) groups is 2. The standard InChI is InChI=1S/C16H32N2O.C12H21NO2/c1-8-15(5,6)16(9-11-18(7)12-10-16)13(19)17-14(2,3)4;1-5-11(2,3)12(10(14)15)6-8-13(4)9-7-12/h8-12H2,1-7H3,(H,17,19);5H,1,6-9H2,2-4H3,(H,14,15). The number of likely N-dealkylation sites (tertiary alicyclic amines) is 2. The first kappa shape index (κ1) is 30.6. The molecule has 0 spiro atoms. The van der Waals surface area contributed by atoms with Gasteiger partial charge in [0.1, 0.15) is 0 Å². The first-order valence-electron chi connectivity index (χ1n) is 13.0. The lowest BCUT2D eigenvalue weighted by molar-refractivity contribution is -0.159. The highest BCUT2D eigenvalue weighted by Gasteiger charge is 2.52. The number of rotatable bonds is 6. The molecule has 0 radical (unpaired) electrons. The van der Waals surface area contributed by atoms with Crippen LogP contribution in [0.15, 0.2) is 12.7 Å². The van der Waals surface area contributed by atoms with Gasteiger partial charge in [-0.05, 0) is 104 Å². The van der Waals surface area contributed by atoms with E-state index >= 15 is 0 Å². The van der Waals surface area contributed by atoms with Crippen LogP contribution in [-0.4, -0.2) is 72.6 Å². The number of hydrogen-bond acceptors (Lipinski definition) is 4. The molecule has 0 atom stereocenters. The summed E-state index contributed by atoms with van der Waals surface area (Å²) in [6.07, 6.45) is 6.16. The summed E-state index contributed by atoms with van der Waals surface area (Å²) in [5, 5.41) is 12.7. The van der Waals surface area contributed by atoms with Crippen LogP contribution < -0.4 is 5.32 Å². The monoisotopic (exact) mass is 479 g/mol. The zero-order chi connectivity index (χ0) is 26.6. The lowest BCUT2D eigenvalue weighted by Crippen LogP contribution is -2.58. The van der Waals surface area contributed by atoms with Gasteiger partial charge < -0.3 is 20.2 Å². The molecule has 0 aromatic carbocycles. The lowest BCUT2D eigenvalue weighted by Gasteiger charge is -2.50. The van der Waals surface area contributed by atoms with E-state index in [4.69, 9.17) is 0 Å². The zero-order valence-electron chi connectivity index (χ0n) is 23.8. The summed E-state index contributed by atoms with van der Waals surface area (Å²) in [7, 11) is 4.18. The number of allylic oxidation sites excluding steroid dienone is 1. The summed E-state index contributed by atoms with van der Waals surface area (Å²) in [6, 6.07) is 0. The number of carbonyl (C=O) groups excluding carboxylic acids is 1. The van der Waals surface area contributed by atoms with E-state index in [0.717, 1.165) is 45.4 Å². The van der Waals surface area contributed by atoms with Crippen molar-refractivity contribution < 1.29 is 14.7 Å². The summed E-state index contributed by atoms with van der Waals surface area (Å²) < 4.78 is 0. The zero-order valence-corrected chi connectivity index (χ0v) is 23.8. The SMILES string of the molecule is C=CC(C)(C)C1(C(=O)O)CCN(C)CC1.CCC(C)(C)C1(C(=O)NC(C)(C)C)CCN(C)CC1. The highest BCUT2D eigenvalue weighted by atomic mass is 16.4. The van der Waals surface area contributed by atoms with E-state index in [1.165, 1.54) is 0 Å². The van der Waals surface area contributed by atoms with Crippen molar-refractivity contribution in [3.63, 3.8) is 0 Å². The first-order chi connectivity index (χ1) is 15.4. The minimum Gasteiger partial charge on any atom is -0.481 e. The van der Waals surface area contributed by atoms with Crippen LogP contribution in [0.1, 0.15) is 87.5 Å². The Balaban J connectivity index is 0.000000350. The Morgan fingerprint density at radius 3 is 1.56 bits per heavy atom. The largest absolute Gasteiger partial charge is 0.481 e. The molecule has 2 aliphatic rings. The first-order valence-corrected chi connectivity index (χ1v) is 13.0. The Morgan fingerprint density at radius 1 is 0.882 bits per heavy atom. The molecule has 2 rings (SSSR count). The molecule has 0 aromatic heterocycles. The molecule has 0 unspecified atom stereocenters. The number of nitrogens with zero attached hydrogens (tertiary/aromatic N) is 2. The van der Waals surface area contributed by atoms with Crippen molar-refractivity contribution in [1.82, 2.24) is 15.1 Å². The molecule has 6 heteroatoms. The summed E-state index contributed by atoms with van der Waals surface area (Å²) in [4.78, 5) is 28.9. The Kier molecular flexibility index (Phi) is 10.0. The van der Waals surface area contributed by atoms with Crippen LogP contribution in [0.4, 0.5) is 0 Å². The molecule has 2 saturated heterocycles. The molecule has 0 saturated carbocycles. The number of piperidine rings is 2. The fraction of sp³-hybridized carbons (Fsp3) is 0.857. The molecule has 34 heavy (non-hydrogen) atoms. The Morgan fingerprint density at radius 2 is 1.26 bits per heavy atom. The van der Waals surface area contributed by atoms with Crippen LogP contribution in [0.3, 0.4) is 0 Å². The minimum atomic E-state index is -0.680. The second-order valence-electron chi connectivity index (χ2n) is 12.9. The third kappa shape index (κ3) is 6.63. The minimum absolute atomic E-state index is 0.0452. The predicted molar refractivity (Wildman–Crippen MR) is 142 cm³/mol. The van der Waals surface area contributed by atoms with Gasteiger partial charge in [0.25, 0.3) is 0 Å². The van der Waals surface area contributed by atoms with E-state index < -0.39 is 11.4 Å². The smallest absolute Gasteiger partial charge is 0.310 e. The van der Waals surface area contributed by atoms with E-state index in [-0.39, 0.29) is 27.7 Å². The van der Waals surface area contributed by atoms with E-state index in [0.29, 0.717) is 12.8 Å². The van der Waals surface area contributed by atoms with Gasteiger partial charge in [-0.2, -0.15) is 0 Å². The third-order valence-corrected chi connectivity index (χ3v) is 8.94. The molecule has 6 nitrogen and oxygen atoms in total. The van der Waals surface area contributed by atoms with Crippen LogP contribution in [-0.2, 0) is 9.59 Å². The summed E-state index contributed by atoms with van der Waals surface area (Å²) in [5.41, 5.74) is -1.32. The third-order valence-electron chi connectivity index (χ3n) is 8.94. The van der Waals surface area contributed by atoms with E-state index in [1.807, 2.05) is 20.9 Å². The fourth-order valence-electron chi connectivity index (χ4n) is 5.34. The van der Waals surface area contributed by atoms with Crippen molar-refractivity contribution in [3.8, 4) is 0 Å². The van der Waals surface area contributed by atoms with Crippen molar-refractivity contribution in [1.29, 1.82) is 0 Å². The molecular weight excluding hydrogens is 426 g/mol. The predicted octanol–water partition coefficient (Wildman–Crippen LogP) is 5.04. The summed E-state index contributed by atoms with van der Waals surface area (Å²) >= 11 is 0. The average Bonchev–Trinajstić information content (AvgIpc) is 2.73. The summed E-state index contributed by atoms with van der Waals surface area (Å²) in [5.74, 6) is -0.430. The quantitative estimate of drug-likeness (QED) is 0.522. The Hall–Kier alpha value is -1.40. The maximum absolute atomic E-state index is 12.9. The fourth-order valence-corrected chi connectivity index (χ4v) is 5.34. The van der Waals surface area contributed by atoms with E-state index in [1.54, 1.807) is 6.08 Å². The van der Waals surface area contributed by atoms with Crippen molar-refractivity contribution in [2.45, 2.75) is 93.0 Å². The molecular formula is C28H53N3O3. The number of carboxylic acid groups (broad SMARTS) is 1.